The molecule has 0 aliphatic heterocycles. The highest BCUT2D eigenvalue weighted by Gasteiger charge is 2.34. The molecular weight excluding hydrogens is 248 g/mol. The van der Waals surface area contributed by atoms with Gasteiger partial charge in [0.05, 0.1) is 12.5 Å². The Morgan fingerprint density at radius 2 is 1.61 bits per heavy atom. The molecule has 0 aromatic carbocycles. The van der Waals surface area contributed by atoms with Crippen LogP contribution in [0.25, 0.3) is 0 Å². The Bertz CT molecular complexity index is 292. The Hall–Kier alpha value is -1.06. The van der Waals surface area contributed by atoms with Gasteiger partial charge >= 0.3 is 5.97 Å². The fourth-order valence-corrected chi connectivity index (χ4v) is 1.24. The largest absolute Gasteiger partial charge is 0.481 e. The highest BCUT2D eigenvalue weighted by Crippen LogP contribution is 2.11. The number of rotatable bonds is 8. The van der Waals surface area contributed by atoms with Gasteiger partial charge in [-0.15, -0.1) is 0 Å². The van der Waals surface area contributed by atoms with Crippen molar-refractivity contribution in [2.75, 3.05) is 6.61 Å². The molecule has 0 rings (SSSR count). The number of hydrogen-bond acceptors (Lipinski definition) is 7. The summed E-state index contributed by atoms with van der Waals surface area (Å²) in [4.78, 5) is 21.9. The molecule has 6 N–H and O–H groups in total. The minimum Gasteiger partial charge on any atom is -0.481 e. The van der Waals surface area contributed by atoms with Gasteiger partial charge in [-0.3, -0.25) is 9.59 Å². The number of aliphatic hydroxyl groups excluding tert-OH is 5. The van der Waals surface area contributed by atoms with Crippen LogP contribution in [0.2, 0.25) is 0 Å². The normalized spacial score (nSPS) is 19.7. The molecule has 0 amide bonds. The van der Waals surface area contributed by atoms with Gasteiger partial charge in [0, 0.05) is 0 Å². The SMILES string of the molecule is CC(CC(O)C(=O)[C@@H](O)[C@H](O)[C@H](O)CO)C(=O)O. The number of carboxylic acid groups (broad SMARTS) is 1. The first-order valence-electron chi connectivity index (χ1n) is 5.32. The van der Waals surface area contributed by atoms with Crippen LogP contribution in [0.4, 0.5) is 0 Å². The summed E-state index contributed by atoms with van der Waals surface area (Å²) in [6.07, 6.45) is -7.97. The first-order chi connectivity index (χ1) is 8.22. The lowest BCUT2D eigenvalue weighted by Gasteiger charge is -2.23. The second-order valence-electron chi connectivity index (χ2n) is 4.08. The van der Waals surface area contributed by atoms with Crippen LogP contribution >= 0.6 is 0 Å². The Kier molecular flexibility index (Phi) is 6.96. The zero-order chi connectivity index (χ0) is 14.5. The molecule has 0 aromatic heterocycles. The Morgan fingerprint density at radius 1 is 1.11 bits per heavy atom. The van der Waals surface area contributed by atoms with Crippen LogP contribution in [0.5, 0.6) is 0 Å². The van der Waals surface area contributed by atoms with Gasteiger partial charge in [0.1, 0.15) is 24.4 Å². The van der Waals surface area contributed by atoms with Crippen LogP contribution in [0.3, 0.4) is 0 Å². The first kappa shape index (κ1) is 16.9. The summed E-state index contributed by atoms with van der Waals surface area (Å²) in [7, 11) is 0. The number of carbonyl (C=O) groups excluding carboxylic acids is 1. The molecule has 106 valence electrons. The monoisotopic (exact) mass is 266 g/mol. The molecule has 2 unspecified atom stereocenters. The van der Waals surface area contributed by atoms with Crippen molar-refractivity contribution in [2.45, 2.75) is 37.8 Å². The van der Waals surface area contributed by atoms with Crippen molar-refractivity contribution >= 4 is 11.8 Å². The van der Waals surface area contributed by atoms with E-state index >= 15 is 0 Å². The summed E-state index contributed by atoms with van der Waals surface area (Å²) in [6, 6.07) is 0. The standard InChI is InChI=1S/C10H18O8/c1-4(10(17)18)2-5(12)7(14)9(16)8(15)6(13)3-11/h4-6,8-9,11-13,15-16H,2-3H2,1H3,(H,17,18)/t4?,5?,6-,8-,9-/m1/s1. The summed E-state index contributed by atoms with van der Waals surface area (Å²) in [5, 5.41) is 54.1. The second-order valence-corrected chi connectivity index (χ2v) is 4.08. The molecule has 0 radical (unpaired) electrons. The molecule has 0 bridgehead atoms. The van der Waals surface area contributed by atoms with Gasteiger partial charge in [0.2, 0.25) is 0 Å². The number of carboxylic acids is 1. The Morgan fingerprint density at radius 3 is 2.00 bits per heavy atom. The lowest BCUT2D eigenvalue weighted by molar-refractivity contribution is -0.151. The van der Waals surface area contributed by atoms with Crippen LogP contribution in [-0.4, -0.2) is 73.4 Å². The van der Waals surface area contributed by atoms with Crippen LogP contribution in [-0.2, 0) is 9.59 Å². The highest BCUT2D eigenvalue weighted by atomic mass is 16.4. The summed E-state index contributed by atoms with van der Waals surface area (Å²) in [5.74, 6) is -3.42. The number of Topliss-reactive ketones (excluding diaryl/α,β-unsaturated/α-hetero) is 1. The summed E-state index contributed by atoms with van der Waals surface area (Å²) >= 11 is 0. The van der Waals surface area contributed by atoms with E-state index in [4.69, 9.17) is 15.3 Å². The fourth-order valence-electron chi connectivity index (χ4n) is 1.24. The van der Waals surface area contributed by atoms with E-state index < -0.39 is 55.1 Å². The zero-order valence-electron chi connectivity index (χ0n) is 9.80. The molecule has 0 heterocycles. The molecule has 8 nitrogen and oxygen atoms in total. The van der Waals surface area contributed by atoms with E-state index in [0.29, 0.717) is 0 Å². The number of ketones is 1. The smallest absolute Gasteiger partial charge is 0.306 e. The first-order valence-corrected chi connectivity index (χ1v) is 5.32. The van der Waals surface area contributed by atoms with Gasteiger partial charge in [0.25, 0.3) is 0 Å². The van der Waals surface area contributed by atoms with Crippen molar-refractivity contribution < 1.29 is 40.2 Å². The van der Waals surface area contributed by atoms with Gasteiger partial charge in [-0.05, 0) is 6.42 Å². The summed E-state index contributed by atoms with van der Waals surface area (Å²) in [6.45, 7) is 0.400. The third-order valence-electron chi connectivity index (χ3n) is 2.52. The van der Waals surface area contributed by atoms with E-state index in [1.807, 2.05) is 0 Å². The maximum atomic E-state index is 11.4. The third kappa shape index (κ3) is 4.67. The quantitative estimate of drug-likeness (QED) is 0.273. The van der Waals surface area contributed by atoms with E-state index in [9.17, 15) is 24.9 Å². The fraction of sp³-hybridized carbons (Fsp3) is 0.800. The molecule has 5 atom stereocenters. The number of carbonyl (C=O) groups is 2. The number of hydrogen-bond donors (Lipinski definition) is 6. The van der Waals surface area contributed by atoms with Crippen molar-refractivity contribution in [1.29, 1.82) is 0 Å². The number of aliphatic hydroxyl groups is 5. The minimum absolute atomic E-state index is 0.423. The molecule has 0 saturated heterocycles. The second kappa shape index (κ2) is 7.39. The molecule has 0 aliphatic rings. The van der Waals surface area contributed by atoms with Crippen molar-refractivity contribution in [2.24, 2.45) is 5.92 Å². The van der Waals surface area contributed by atoms with Crippen LogP contribution in [0, 0.1) is 5.92 Å². The zero-order valence-corrected chi connectivity index (χ0v) is 9.80. The average Bonchev–Trinajstić information content (AvgIpc) is 2.34. The predicted molar refractivity (Wildman–Crippen MR) is 57.5 cm³/mol. The predicted octanol–water partition coefficient (Wildman–Crippen LogP) is -2.90. The maximum absolute atomic E-state index is 11.4. The highest BCUT2D eigenvalue weighted by molar-refractivity contribution is 5.88. The topological polar surface area (TPSA) is 156 Å². The van der Waals surface area contributed by atoms with E-state index in [2.05, 4.69) is 0 Å². The maximum Gasteiger partial charge on any atom is 0.306 e. The summed E-state index contributed by atoms with van der Waals surface area (Å²) in [5.41, 5.74) is 0. The Labute approximate surface area is 103 Å². The van der Waals surface area contributed by atoms with E-state index in [1.165, 1.54) is 6.92 Å². The molecule has 8 heteroatoms. The lowest BCUT2D eigenvalue weighted by Crippen LogP contribution is -2.47. The van der Waals surface area contributed by atoms with Crippen molar-refractivity contribution in [3.05, 3.63) is 0 Å². The van der Waals surface area contributed by atoms with Crippen LogP contribution in [0.1, 0.15) is 13.3 Å². The molecule has 0 fully saturated rings. The molecule has 0 aromatic rings. The van der Waals surface area contributed by atoms with Gasteiger partial charge in [-0.25, -0.2) is 0 Å². The van der Waals surface area contributed by atoms with Gasteiger partial charge < -0.3 is 30.6 Å². The summed E-state index contributed by atoms with van der Waals surface area (Å²) < 4.78 is 0. The van der Waals surface area contributed by atoms with Gasteiger partial charge in [-0.2, -0.15) is 0 Å². The van der Waals surface area contributed by atoms with Gasteiger partial charge in [-0.1, -0.05) is 6.92 Å². The van der Waals surface area contributed by atoms with E-state index in [-0.39, 0.29) is 0 Å². The number of aliphatic carboxylic acids is 1. The molecule has 0 aliphatic carbocycles. The molecule has 0 saturated carbocycles. The molecule has 18 heavy (non-hydrogen) atoms. The van der Waals surface area contributed by atoms with Crippen molar-refractivity contribution in [3.63, 3.8) is 0 Å². The van der Waals surface area contributed by atoms with Gasteiger partial charge in [0.15, 0.2) is 5.78 Å². The Balaban J connectivity index is 4.49. The molecular formula is C10H18O8. The van der Waals surface area contributed by atoms with Crippen molar-refractivity contribution in [1.82, 2.24) is 0 Å². The average molecular weight is 266 g/mol. The van der Waals surface area contributed by atoms with Crippen molar-refractivity contribution in [3.8, 4) is 0 Å². The minimum atomic E-state index is -2.09. The van der Waals surface area contributed by atoms with E-state index in [0.717, 1.165) is 0 Å². The third-order valence-corrected chi connectivity index (χ3v) is 2.52. The van der Waals surface area contributed by atoms with E-state index in [1.54, 1.807) is 0 Å². The lowest BCUT2D eigenvalue weighted by atomic mass is 9.95. The van der Waals surface area contributed by atoms with Crippen LogP contribution < -0.4 is 0 Å². The molecule has 0 spiro atoms. The van der Waals surface area contributed by atoms with Crippen LogP contribution in [0.15, 0.2) is 0 Å².